The van der Waals surface area contributed by atoms with Crippen LogP contribution in [0.15, 0.2) is 40.0 Å². The van der Waals surface area contributed by atoms with Gasteiger partial charge in [-0.05, 0) is 31.9 Å². The number of aromatic amines is 1. The molecule has 0 amide bonds. The first-order valence-corrected chi connectivity index (χ1v) is 7.49. The summed E-state index contributed by atoms with van der Waals surface area (Å²) >= 11 is 1.70. The molecule has 4 heteroatoms. The molecule has 1 fully saturated rings. The molecule has 0 bridgehead atoms. The molecule has 0 saturated heterocycles. The van der Waals surface area contributed by atoms with Gasteiger partial charge in [-0.25, -0.2) is 4.98 Å². The van der Waals surface area contributed by atoms with E-state index >= 15 is 0 Å². The van der Waals surface area contributed by atoms with E-state index in [0.717, 1.165) is 11.5 Å². The average molecular weight is 272 g/mol. The molecular weight excluding hydrogens is 256 g/mol. The molecule has 1 heterocycles. The van der Waals surface area contributed by atoms with E-state index in [9.17, 15) is 4.79 Å². The van der Waals surface area contributed by atoms with Crippen molar-refractivity contribution < 1.29 is 0 Å². The van der Waals surface area contributed by atoms with Crippen LogP contribution in [-0.2, 0) is 5.75 Å². The molecule has 1 aromatic carbocycles. The van der Waals surface area contributed by atoms with Gasteiger partial charge in [0.2, 0.25) is 0 Å². The second kappa shape index (κ2) is 5.21. The maximum Gasteiger partial charge on any atom is 0.251 e. The number of aromatic nitrogens is 2. The number of aryl methyl sites for hydroxylation is 1. The summed E-state index contributed by atoms with van der Waals surface area (Å²) in [6.45, 7) is 2.08. The number of nitrogens with zero attached hydrogens (tertiary/aromatic N) is 1. The zero-order chi connectivity index (χ0) is 13.2. The van der Waals surface area contributed by atoms with E-state index < -0.39 is 0 Å². The van der Waals surface area contributed by atoms with Gasteiger partial charge in [-0.15, -0.1) is 11.8 Å². The van der Waals surface area contributed by atoms with Crippen molar-refractivity contribution in [3.63, 3.8) is 0 Å². The zero-order valence-corrected chi connectivity index (χ0v) is 11.7. The molecular formula is C15H16N2OS. The van der Waals surface area contributed by atoms with Gasteiger partial charge in [-0.2, -0.15) is 0 Å². The Morgan fingerprint density at radius 3 is 2.95 bits per heavy atom. The van der Waals surface area contributed by atoms with Crippen molar-refractivity contribution >= 4 is 11.8 Å². The van der Waals surface area contributed by atoms with Crippen molar-refractivity contribution in [3.8, 4) is 0 Å². The van der Waals surface area contributed by atoms with Crippen molar-refractivity contribution in [3.05, 3.63) is 57.8 Å². The third kappa shape index (κ3) is 3.26. The standard InChI is InChI=1S/C15H16N2OS/c1-10-3-2-4-12(7-10)19-9-14-16-13(11-5-6-11)8-15(18)17-14/h2-4,7-8,11H,5-6,9H2,1H3,(H,16,17,18). The summed E-state index contributed by atoms with van der Waals surface area (Å²) in [6.07, 6.45) is 2.34. The number of thioether (sulfide) groups is 1. The summed E-state index contributed by atoms with van der Waals surface area (Å²) in [7, 11) is 0. The van der Waals surface area contributed by atoms with Gasteiger partial charge in [-0.3, -0.25) is 4.79 Å². The van der Waals surface area contributed by atoms with Gasteiger partial charge in [0.25, 0.3) is 5.56 Å². The van der Waals surface area contributed by atoms with Crippen LogP contribution in [0.25, 0.3) is 0 Å². The molecule has 0 atom stereocenters. The van der Waals surface area contributed by atoms with E-state index in [1.807, 2.05) is 0 Å². The van der Waals surface area contributed by atoms with Gasteiger partial charge < -0.3 is 4.98 Å². The summed E-state index contributed by atoms with van der Waals surface area (Å²) in [5, 5.41) is 0. The van der Waals surface area contributed by atoms with Crippen molar-refractivity contribution in [1.29, 1.82) is 0 Å². The van der Waals surface area contributed by atoms with Crippen LogP contribution in [0, 0.1) is 6.92 Å². The third-order valence-electron chi connectivity index (χ3n) is 3.17. The Morgan fingerprint density at radius 2 is 2.21 bits per heavy atom. The van der Waals surface area contributed by atoms with Gasteiger partial charge >= 0.3 is 0 Å². The summed E-state index contributed by atoms with van der Waals surface area (Å²) in [4.78, 5) is 20.2. The topological polar surface area (TPSA) is 45.8 Å². The van der Waals surface area contributed by atoms with Crippen LogP contribution >= 0.6 is 11.8 Å². The van der Waals surface area contributed by atoms with Gasteiger partial charge in [0.05, 0.1) is 11.4 Å². The highest BCUT2D eigenvalue weighted by Crippen LogP contribution is 2.38. The van der Waals surface area contributed by atoms with E-state index in [4.69, 9.17) is 0 Å². The maximum atomic E-state index is 11.6. The fraction of sp³-hybridized carbons (Fsp3) is 0.333. The molecule has 1 aliphatic carbocycles. The first-order chi connectivity index (χ1) is 9.20. The number of hydrogen-bond donors (Lipinski definition) is 1. The lowest BCUT2D eigenvalue weighted by Gasteiger charge is -2.04. The van der Waals surface area contributed by atoms with E-state index in [1.54, 1.807) is 17.8 Å². The van der Waals surface area contributed by atoms with Crippen LogP contribution in [0.1, 0.15) is 35.8 Å². The smallest absolute Gasteiger partial charge is 0.251 e. The lowest BCUT2D eigenvalue weighted by molar-refractivity contribution is 0.912. The number of benzene rings is 1. The molecule has 1 aliphatic rings. The van der Waals surface area contributed by atoms with Crippen LogP contribution in [0.4, 0.5) is 0 Å². The summed E-state index contributed by atoms with van der Waals surface area (Å²) < 4.78 is 0. The molecule has 3 nitrogen and oxygen atoms in total. The van der Waals surface area contributed by atoms with E-state index in [0.29, 0.717) is 11.7 Å². The molecule has 0 aliphatic heterocycles. The van der Waals surface area contributed by atoms with E-state index in [2.05, 4.69) is 41.2 Å². The van der Waals surface area contributed by atoms with Crippen molar-refractivity contribution in [2.75, 3.05) is 0 Å². The summed E-state index contributed by atoms with van der Waals surface area (Å²) in [6, 6.07) is 10.00. The first kappa shape index (κ1) is 12.5. The molecule has 1 aromatic heterocycles. The number of H-pyrrole nitrogens is 1. The minimum atomic E-state index is -0.0308. The van der Waals surface area contributed by atoms with Crippen LogP contribution < -0.4 is 5.56 Å². The quantitative estimate of drug-likeness (QED) is 0.869. The molecule has 98 valence electrons. The second-order valence-electron chi connectivity index (χ2n) is 5.00. The number of hydrogen-bond acceptors (Lipinski definition) is 3. The lowest BCUT2D eigenvalue weighted by atomic mass is 10.2. The van der Waals surface area contributed by atoms with E-state index in [-0.39, 0.29) is 5.56 Å². The van der Waals surface area contributed by atoms with Gasteiger partial charge in [-0.1, -0.05) is 17.7 Å². The molecule has 0 spiro atoms. The monoisotopic (exact) mass is 272 g/mol. The van der Waals surface area contributed by atoms with Crippen molar-refractivity contribution in [2.24, 2.45) is 0 Å². The Bertz CT molecular complexity index is 647. The fourth-order valence-electron chi connectivity index (χ4n) is 2.04. The molecule has 0 radical (unpaired) electrons. The van der Waals surface area contributed by atoms with Crippen molar-refractivity contribution in [2.45, 2.75) is 36.3 Å². The molecule has 3 rings (SSSR count). The predicted octanol–water partition coefficient (Wildman–Crippen LogP) is 3.25. The van der Waals surface area contributed by atoms with E-state index in [1.165, 1.54) is 23.3 Å². The molecule has 19 heavy (non-hydrogen) atoms. The lowest BCUT2D eigenvalue weighted by Crippen LogP contribution is -2.11. The molecule has 2 aromatic rings. The van der Waals surface area contributed by atoms with Crippen LogP contribution in [0.2, 0.25) is 0 Å². The largest absolute Gasteiger partial charge is 0.310 e. The molecule has 1 saturated carbocycles. The number of rotatable bonds is 4. The Balaban J connectivity index is 1.74. The average Bonchev–Trinajstić information content (AvgIpc) is 3.20. The Morgan fingerprint density at radius 1 is 1.37 bits per heavy atom. The Kier molecular flexibility index (Phi) is 3.42. The maximum absolute atomic E-state index is 11.6. The molecule has 1 N–H and O–H groups in total. The first-order valence-electron chi connectivity index (χ1n) is 6.50. The van der Waals surface area contributed by atoms with Crippen LogP contribution in [0.3, 0.4) is 0 Å². The fourth-order valence-corrected chi connectivity index (χ4v) is 2.93. The van der Waals surface area contributed by atoms with Crippen LogP contribution in [-0.4, -0.2) is 9.97 Å². The second-order valence-corrected chi connectivity index (χ2v) is 6.05. The predicted molar refractivity (Wildman–Crippen MR) is 77.6 cm³/mol. The minimum Gasteiger partial charge on any atom is -0.310 e. The number of nitrogens with one attached hydrogen (secondary N) is 1. The third-order valence-corrected chi connectivity index (χ3v) is 4.18. The highest BCUT2D eigenvalue weighted by Gasteiger charge is 2.25. The highest BCUT2D eigenvalue weighted by molar-refractivity contribution is 7.98. The van der Waals surface area contributed by atoms with Crippen LogP contribution in [0.5, 0.6) is 0 Å². The van der Waals surface area contributed by atoms with Crippen molar-refractivity contribution in [1.82, 2.24) is 9.97 Å². The summed E-state index contributed by atoms with van der Waals surface area (Å²) in [5.74, 6) is 2.00. The normalized spacial score (nSPS) is 14.6. The molecule has 0 unspecified atom stereocenters. The highest BCUT2D eigenvalue weighted by atomic mass is 32.2. The minimum absolute atomic E-state index is 0.0308. The Labute approximate surface area is 116 Å². The van der Waals surface area contributed by atoms with Gasteiger partial charge in [0.15, 0.2) is 0 Å². The SMILES string of the molecule is Cc1cccc(SCc2nc(C3CC3)cc(=O)[nH]2)c1. The van der Waals surface area contributed by atoms with Gasteiger partial charge in [0, 0.05) is 16.9 Å². The zero-order valence-electron chi connectivity index (χ0n) is 10.8. The summed E-state index contributed by atoms with van der Waals surface area (Å²) in [5.41, 5.74) is 2.18. The Hall–Kier alpha value is -1.55. The van der Waals surface area contributed by atoms with Gasteiger partial charge in [0.1, 0.15) is 5.82 Å².